The fourth-order valence-electron chi connectivity index (χ4n) is 3.49. The van der Waals surface area contributed by atoms with Crippen LogP contribution in [-0.2, 0) is 29.0 Å². The molecule has 1 aliphatic rings. The molecule has 0 spiro atoms. The van der Waals surface area contributed by atoms with Gasteiger partial charge in [0.1, 0.15) is 23.7 Å². The Morgan fingerprint density at radius 2 is 1.93 bits per heavy atom. The Hall–Kier alpha value is -3.02. The highest BCUT2D eigenvalue weighted by molar-refractivity contribution is 5.89. The van der Waals surface area contributed by atoms with Gasteiger partial charge in [-0.1, -0.05) is 19.1 Å². The van der Waals surface area contributed by atoms with E-state index in [9.17, 15) is 9.59 Å². The van der Waals surface area contributed by atoms with Crippen molar-refractivity contribution >= 4 is 17.6 Å². The molecule has 6 heteroatoms. The first-order valence-electron chi connectivity index (χ1n) is 9.70. The van der Waals surface area contributed by atoms with Crippen molar-refractivity contribution in [2.24, 2.45) is 5.92 Å². The van der Waals surface area contributed by atoms with Crippen molar-refractivity contribution in [1.29, 1.82) is 0 Å². The van der Waals surface area contributed by atoms with Crippen molar-refractivity contribution in [1.82, 2.24) is 0 Å². The Morgan fingerprint density at radius 3 is 2.55 bits per heavy atom. The van der Waals surface area contributed by atoms with Gasteiger partial charge in [-0.05, 0) is 50.1 Å². The molecule has 29 heavy (non-hydrogen) atoms. The minimum Gasteiger partial charge on any atom is -0.489 e. The molecule has 2 aromatic carbocycles. The minimum absolute atomic E-state index is 0.124. The molecule has 3 rings (SSSR count). The molecule has 2 aromatic rings. The lowest BCUT2D eigenvalue weighted by Gasteiger charge is -2.18. The average Bonchev–Trinajstić information content (AvgIpc) is 2.94. The third-order valence-corrected chi connectivity index (χ3v) is 4.84. The molecule has 1 aliphatic heterocycles. The topological polar surface area (TPSA) is 84.9 Å². The number of carbonyl (C=O) groups excluding carboxylic acids is 1. The molecule has 0 saturated carbocycles. The number of carboxylic acid groups (broad SMARTS) is 1. The summed E-state index contributed by atoms with van der Waals surface area (Å²) in [5.41, 5.74) is 3.31. The van der Waals surface area contributed by atoms with E-state index in [1.165, 1.54) is 6.92 Å². The predicted octanol–water partition coefficient (Wildman–Crippen LogP) is 4.20. The molecule has 1 unspecified atom stereocenters. The predicted molar refractivity (Wildman–Crippen MR) is 110 cm³/mol. The van der Waals surface area contributed by atoms with Gasteiger partial charge in [0.2, 0.25) is 5.91 Å². The monoisotopic (exact) mass is 397 g/mol. The van der Waals surface area contributed by atoms with Crippen LogP contribution in [0.4, 0.5) is 5.69 Å². The van der Waals surface area contributed by atoms with Crippen molar-refractivity contribution in [2.75, 3.05) is 5.32 Å². The Bertz CT molecular complexity index is 918. The van der Waals surface area contributed by atoms with Gasteiger partial charge in [0, 0.05) is 30.2 Å². The highest BCUT2D eigenvalue weighted by atomic mass is 16.5. The number of ether oxygens (including phenoxy) is 2. The average molecular weight is 397 g/mol. The van der Waals surface area contributed by atoms with Gasteiger partial charge in [0.15, 0.2) is 0 Å². The van der Waals surface area contributed by atoms with E-state index in [1.54, 1.807) is 6.92 Å². The molecular weight excluding hydrogens is 370 g/mol. The van der Waals surface area contributed by atoms with E-state index in [4.69, 9.17) is 14.6 Å². The minimum atomic E-state index is -0.804. The molecule has 0 saturated heterocycles. The molecule has 6 nitrogen and oxygen atoms in total. The summed E-state index contributed by atoms with van der Waals surface area (Å²) in [7, 11) is 0. The van der Waals surface area contributed by atoms with Crippen LogP contribution < -0.4 is 14.8 Å². The summed E-state index contributed by atoms with van der Waals surface area (Å²) in [5, 5.41) is 11.9. The molecule has 1 amide bonds. The van der Waals surface area contributed by atoms with Crippen molar-refractivity contribution in [2.45, 2.75) is 52.7 Å². The van der Waals surface area contributed by atoms with Crippen molar-refractivity contribution in [3.63, 3.8) is 0 Å². The van der Waals surface area contributed by atoms with Crippen LogP contribution >= 0.6 is 0 Å². The first-order valence-corrected chi connectivity index (χ1v) is 9.70. The van der Waals surface area contributed by atoms with E-state index < -0.39 is 11.9 Å². The van der Waals surface area contributed by atoms with E-state index >= 15 is 0 Å². The number of benzene rings is 2. The summed E-state index contributed by atoms with van der Waals surface area (Å²) in [4.78, 5) is 22.5. The summed E-state index contributed by atoms with van der Waals surface area (Å²) < 4.78 is 12.1. The number of aliphatic carboxylic acids is 1. The third kappa shape index (κ3) is 5.28. The van der Waals surface area contributed by atoms with Crippen LogP contribution in [0.15, 0.2) is 36.4 Å². The van der Waals surface area contributed by atoms with Crippen LogP contribution in [0.3, 0.4) is 0 Å². The quantitative estimate of drug-likeness (QED) is 0.731. The number of hydrogen-bond donors (Lipinski definition) is 2. The molecule has 0 fully saturated rings. The van der Waals surface area contributed by atoms with Crippen LogP contribution in [0.2, 0.25) is 0 Å². The Morgan fingerprint density at radius 1 is 1.24 bits per heavy atom. The summed E-state index contributed by atoms with van der Waals surface area (Å²) >= 11 is 0. The number of hydrogen-bond acceptors (Lipinski definition) is 4. The van der Waals surface area contributed by atoms with Crippen LogP contribution in [0, 0.1) is 5.92 Å². The summed E-state index contributed by atoms with van der Waals surface area (Å²) in [6.07, 6.45) is 1.24. The van der Waals surface area contributed by atoms with E-state index in [0.717, 1.165) is 34.5 Å². The maximum absolute atomic E-state index is 11.5. The Balaban J connectivity index is 1.74. The number of fused-ring (bicyclic) bond motifs is 1. The normalized spacial score (nSPS) is 15.2. The fourth-order valence-corrected chi connectivity index (χ4v) is 3.49. The van der Waals surface area contributed by atoms with Crippen molar-refractivity contribution < 1.29 is 24.2 Å². The third-order valence-electron chi connectivity index (χ3n) is 4.84. The molecule has 0 aliphatic carbocycles. The van der Waals surface area contributed by atoms with Crippen molar-refractivity contribution in [3.8, 4) is 11.5 Å². The van der Waals surface area contributed by atoms with Crippen LogP contribution in [0.5, 0.6) is 11.5 Å². The first-order chi connectivity index (χ1) is 13.6. The van der Waals surface area contributed by atoms with Gasteiger partial charge < -0.3 is 19.9 Å². The second-order valence-corrected chi connectivity index (χ2v) is 8.22. The lowest BCUT2D eigenvalue weighted by atomic mass is 10.00. The second kappa shape index (κ2) is 8.15. The molecule has 1 heterocycles. The molecule has 0 radical (unpaired) electrons. The molecule has 154 valence electrons. The van der Waals surface area contributed by atoms with Gasteiger partial charge in [-0.25, -0.2) is 0 Å². The molecule has 0 aromatic heterocycles. The van der Waals surface area contributed by atoms with Crippen molar-refractivity contribution in [3.05, 3.63) is 53.1 Å². The zero-order chi connectivity index (χ0) is 21.2. The smallest absolute Gasteiger partial charge is 0.306 e. The summed E-state index contributed by atoms with van der Waals surface area (Å²) in [6, 6.07) is 11.3. The maximum atomic E-state index is 11.5. The number of carboxylic acids is 1. The van der Waals surface area contributed by atoms with Crippen LogP contribution in [0.1, 0.15) is 44.4 Å². The van der Waals surface area contributed by atoms with E-state index in [1.807, 2.05) is 50.2 Å². The van der Waals surface area contributed by atoms with E-state index in [2.05, 4.69) is 5.32 Å². The fraction of sp³-hybridized carbons (Fsp3) is 0.391. The Labute approximate surface area is 170 Å². The highest BCUT2D eigenvalue weighted by Crippen LogP contribution is 2.40. The first kappa shape index (κ1) is 20.7. The molecular formula is C23H27NO5. The zero-order valence-electron chi connectivity index (χ0n) is 17.2. The van der Waals surface area contributed by atoms with Gasteiger partial charge in [0.05, 0.1) is 5.92 Å². The number of nitrogens with one attached hydrogen (secondary N) is 1. The standard InChI is InChI=1S/C23H27NO5/c1-14(22(26)27)9-16-5-7-20(8-6-16)28-13-18-11-19(24-15(2)25)10-17-12-23(3,4)29-21(17)18/h5-8,10-11,14H,9,12-13H2,1-4H3,(H,24,25)(H,26,27). The second-order valence-electron chi connectivity index (χ2n) is 8.22. The molecule has 0 bridgehead atoms. The van der Waals surface area contributed by atoms with E-state index in [-0.39, 0.29) is 11.5 Å². The Kier molecular flexibility index (Phi) is 5.82. The van der Waals surface area contributed by atoms with Gasteiger partial charge in [-0.3, -0.25) is 9.59 Å². The largest absolute Gasteiger partial charge is 0.489 e. The highest BCUT2D eigenvalue weighted by Gasteiger charge is 2.32. The number of rotatable bonds is 7. The number of anilines is 1. The van der Waals surface area contributed by atoms with Crippen LogP contribution in [-0.4, -0.2) is 22.6 Å². The summed E-state index contributed by atoms with van der Waals surface area (Å²) in [6.45, 7) is 7.54. The van der Waals surface area contributed by atoms with Gasteiger partial charge >= 0.3 is 5.97 Å². The lowest BCUT2D eigenvalue weighted by molar-refractivity contribution is -0.141. The van der Waals surface area contributed by atoms with Gasteiger partial charge in [-0.15, -0.1) is 0 Å². The van der Waals surface area contributed by atoms with Gasteiger partial charge in [-0.2, -0.15) is 0 Å². The SMILES string of the molecule is CC(=O)Nc1cc(COc2ccc(CC(C)C(=O)O)cc2)c2c(c1)CC(C)(C)O2. The molecule has 2 N–H and O–H groups in total. The zero-order valence-corrected chi connectivity index (χ0v) is 17.2. The molecule has 1 atom stereocenters. The number of carbonyl (C=O) groups is 2. The summed E-state index contributed by atoms with van der Waals surface area (Å²) in [5.74, 6) is 0.146. The van der Waals surface area contributed by atoms with Gasteiger partial charge in [0.25, 0.3) is 0 Å². The van der Waals surface area contributed by atoms with Crippen LogP contribution in [0.25, 0.3) is 0 Å². The lowest BCUT2D eigenvalue weighted by Crippen LogP contribution is -2.25. The van der Waals surface area contributed by atoms with E-state index in [0.29, 0.717) is 18.8 Å². The number of amides is 1. The maximum Gasteiger partial charge on any atom is 0.306 e.